The van der Waals surface area contributed by atoms with Crippen LogP contribution in [0.5, 0.6) is 0 Å². The number of benzene rings is 2. The average Bonchev–Trinajstić information content (AvgIpc) is 3.43. The van der Waals surface area contributed by atoms with Crippen LogP contribution in [0.4, 0.5) is 5.00 Å². The molecule has 3 nitrogen and oxygen atoms in total. The molecule has 1 fully saturated rings. The highest BCUT2D eigenvalue weighted by Gasteiger charge is 2.44. The summed E-state index contributed by atoms with van der Waals surface area (Å²) in [5.41, 5.74) is 4.83. The standard InChI is InChI=1S/C25H23ClN2OS/c1-15(2)11-16-3-5-18(6-4-16)23-14-30-25(22(23)13-27)28-24(29)21-12-20(21)17-7-9-19(26)10-8-17/h3-10,14-15,20-21H,11-12H2,1-2H3,(H,28,29)/t20-,21-/m1/s1. The van der Waals surface area contributed by atoms with Crippen LogP contribution in [0.2, 0.25) is 5.02 Å². The molecule has 1 aliphatic carbocycles. The van der Waals surface area contributed by atoms with Crippen LogP contribution in [0.15, 0.2) is 53.9 Å². The summed E-state index contributed by atoms with van der Waals surface area (Å²) in [5.74, 6) is 0.749. The molecule has 2 aromatic carbocycles. The van der Waals surface area contributed by atoms with Crippen molar-refractivity contribution in [3.63, 3.8) is 0 Å². The first kappa shape index (κ1) is 20.7. The fourth-order valence-electron chi connectivity index (χ4n) is 3.83. The van der Waals surface area contributed by atoms with Gasteiger partial charge in [0, 0.05) is 21.9 Å². The molecule has 1 amide bonds. The third-order valence-corrected chi connectivity index (χ3v) is 6.62. The summed E-state index contributed by atoms with van der Waals surface area (Å²) in [7, 11) is 0. The Morgan fingerprint density at radius 3 is 2.53 bits per heavy atom. The van der Waals surface area contributed by atoms with Crippen LogP contribution in [0, 0.1) is 23.2 Å². The van der Waals surface area contributed by atoms with Gasteiger partial charge in [-0.2, -0.15) is 5.26 Å². The van der Waals surface area contributed by atoms with Gasteiger partial charge in [-0.1, -0.05) is 61.8 Å². The summed E-state index contributed by atoms with van der Waals surface area (Å²) in [6, 6.07) is 18.3. The van der Waals surface area contributed by atoms with Gasteiger partial charge in [0.15, 0.2) is 0 Å². The Bertz CT molecular complexity index is 1090. The summed E-state index contributed by atoms with van der Waals surface area (Å²) < 4.78 is 0. The minimum absolute atomic E-state index is 0.0212. The van der Waals surface area contributed by atoms with Crippen molar-refractivity contribution >= 4 is 33.8 Å². The number of nitrogens with zero attached hydrogens (tertiary/aromatic N) is 1. The minimum atomic E-state index is -0.0569. The Labute approximate surface area is 186 Å². The summed E-state index contributed by atoms with van der Waals surface area (Å²) in [5, 5.41) is 16.0. The van der Waals surface area contributed by atoms with E-state index in [-0.39, 0.29) is 17.7 Å². The number of nitriles is 1. The van der Waals surface area contributed by atoms with Crippen LogP contribution >= 0.6 is 22.9 Å². The molecule has 0 spiro atoms. The van der Waals surface area contributed by atoms with Gasteiger partial charge >= 0.3 is 0 Å². The van der Waals surface area contributed by atoms with Crippen molar-refractivity contribution in [1.29, 1.82) is 5.26 Å². The molecule has 1 heterocycles. The lowest BCUT2D eigenvalue weighted by Crippen LogP contribution is -2.14. The largest absolute Gasteiger partial charge is 0.316 e. The number of carbonyl (C=O) groups is 1. The number of thiophene rings is 1. The second-order valence-corrected chi connectivity index (χ2v) is 9.57. The Morgan fingerprint density at radius 2 is 1.90 bits per heavy atom. The summed E-state index contributed by atoms with van der Waals surface area (Å²) in [6.45, 7) is 4.40. The quantitative estimate of drug-likeness (QED) is 0.459. The van der Waals surface area contributed by atoms with E-state index in [1.807, 2.05) is 29.6 Å². The van der Waals surface area contributed by atoms with Crippen molar-refractivity contribution in [2.75, 3.05) is 5.32 Å². The number of hydrogen-bond acceptors (Lipinski definition) is 3. The average molecular weight is 435 g/mol. The second kappa shape index (κ2) is 8.63. The molecule has 0 unspecified atom stereocenters. The Hall–Kier alpha value is -2.61. The molecule has 0 aliphatic heterocycles. The summed E-state index contributed by atoms with van der Waals surface area (Å²) in [6.07, 6.45) is 1.86. The van der Waals surface area contributed by atoms with Gasteiger partial charge in [-0.15, -0.1) is 11.3 Å². The van der Waals surface area contributed by atoms with Gasteiger partial charge in [-0.3, -0.25) is 4.79 Å². The predicted molar refractivity (Wildman–Crippen MR) is 124 cm³/mol. The molecule has 30 heavy (non-hydrogen) atoms. The van der Waals surface area contributed by atoms with Crippen LogP contribution in [-0.4, -0.2) is 5.91 Å². The van der Waals surface area contributed by atoms with E-state index < -0.39 is 0 Å². The lowest BCUT2D eigenvalue weighted by molar-refractivity contribution is -0.117. The van der Waals surface area contributed by atoms with E-state index in [1.54, 1.807) is 0 Å². The number of anilines is 1. The molecule has 0 bridgehead atoms. The van der Waals surface area contributed by atoms with Gasteiger partial charge in [0.1, 0.15) is 11.1 Å². The van der Waals surface area contributed by atoms with E-state index in [9.17, 15) is 10.1 Å². The van der Waals surface area contributed by atoms with Crippen molar-refractivity contribution in [3.8, 4) is 17.2 Å². The first-order valence-corrected chi connectivity index (χ1v) is 11.4. The maximum atomic E-state index is 12.7. The van der Waals surface area contributed by atoms with Crippen LogP contribution in [0.1, 0.15) is 42.9 Å². The number of carbonyl (C=O) groups excluding carboxylic acids is 1. The molecule has 0 saturated heterocycles. The normalized spacial score (nSPS) is 17.6. The van der Waals surface area contributed by atoms with Gasteiger partial charge in [-0.05, 0) is 53.5 Å². The molecule has 1 aliphatic rings. The van der Waals surface area contributed by atoms with Crippen molar-refractivity contribution in [3.05, 3.63) is 75.6 Å². The first-order chi connectivity index (χ1) is 14.5. The molecule has 1 saturated carbocycles. The van der Waals surface area contributed by atoms with Crippen LogP contribution in [-0.2, 0) is 11.2 Å². The minimum Gasteiger partial charge on any atom is -0.316 e. The van der Waals surface area contributed by atoms with E-state index >= 15 is 0 Å². The lowest BCUT2D eigenvalue weighted by atomic mass is 9.99. The Kier molecular flexibility index (Phi) is 5.94. The van der Waals surface area contributed by atoms with Gasteiger partial charge in [0.05, 0.1) is 5.56 Å². The predicted octanol–water partition coefficient (Wildman–Crippen LogP) is 6.88. The summed E-state index contributed by atoms with van der Waals surface area (Å²) in [4.78, 5) is 12.7. The Balaban J connectivity index is 1.47. The van der Waals surface area contributed by atoms with Crippen molar-refractivity contribution in [2.45, 2.75) is 32.6 Å². The molecular weight excluding hydrogens is 412 g/mol. The lowest BCUT2D eigenvalue weighted by Gasteiger charge is -2.07. The van der Waals surface area contributed by atoms with Crippen LogP contribution in [0.3, 0.4) is 0 Å². The zero-order chi connectivity index (χ0) is 21.3. The molecule has 0 radical (unpaired) electrons. The number of nitrogens with one attached hydrogen (secondary N) is 1. The van der Waals surface area contributed by atoms with Crippen molar-refractivity contribution in [2.24, 2.45) is 11.8 Å². The van der Waals surface area contributed by atoms with E-state index in [0.29, 0.717) is 21.5 Å². The van der Waals surface area contributed by atoms with Crippen LogP contribution < -0.4 is 5.32 Å². The smallest absolute Gasteiger partial charge is 0.228 e. The van der Waals surface area contributed by atoms with Gasteiger partial charge in [0.25, 0.3) is 0 Å². The van der Waals surface area contributed by atoms with E-state index in [4.69, 9.17) is 11.6 Å². The third kappa shape index (κ3) is 4.43. The van der Waals surface area contributed by atoms with E-state index in [0.717, 1.165) is 29.5 Å². The molecule has 3 aromatic rings. The van der Waals surface area contributed by atoms with E-state index in [2.05, 4.69) is 49.5 Å². The molecule has 1 N–H and O–H groups in total. The monoisotopic (exact) mass is 434 g/mol. The number of halogens is 1. The highest BCUT2D eigenvalue weighted by atomic mass is 35.5. The summed E-state index contributed by atoms with van der Waals surface area (Å²) >= 11 is 7.36. The van der Waals surface area contributed by atoms with Gasteiger partial charge < -0.3 is 5.32 Å². The van der Waals surface area contributed by atoms with E-state index in [1.165, 1.54) is 16.9 Å². The highest BCUT2D eigenvalue weighted by molar-refractivity contribution is 7.15. The maximum Gasteiger partial charge on any atom is 0.228 e. The fourth-order valence-corrected chi connectivity index (χ4v) is 4.88. The number of hydrogen-bond donors (Lipinski definition) is 1. The molecule has 1 aromatic heterocycles. The number of amides is 1. The van der Waals surface area contributed by atoms with Gasteiger partial charge in [0.2, 0.25) is 5.91 Å². The van der Waals surface area contributed by atoms with Gasteiger partial charge in [-0.25, -0.2) is 0 Å². The zero-order valence-corrected chi connectivity index (χ0v) is 18.6. The Morgan fingerprint density at radius 1 is 1.20 bits per heavy atom. The number of rotatable bonds is 6. The molecule has 152 valence electrons. The van der Waals surface area contributed by atoms with Crippen molar-refractivity contribution < 1.29 is 4.79 Å². The first-order valence-electron chi connectivity index (χ1n) is 10.1. The van der Waals surface area contributed by atoms with Crippen LogP contribution in [0.25, 0.3) is 11.1 Å². The SMILES string of the molecule is CC(C)Cc1ccc(-c2csc(NC(=O)[C@@H]3C[C@@H]3c3ccc(Cl)cc3)c2C#N)cc1. The topological polar surface area (TPSA) is 52.9 Å². The third-order valence-electron chi connectivity index (χ3n) is 5.47. The van der Waals surface area contributed by atoms with Crippen molar-refractivity contribution in [1.82, 2.24) is 0 Å². The molecule has 5 heteroatoms. The fraction of sp³-hybridized carbons (Fsp3) is 0.280. The molecule has 2 atom stereocenters. The molecule has 4 rings (SSSR count). The second-order valence-electron chi connectivity index (χ2n) is 8.25. The molecular formula is C25H23ClN2OS. The maximum absolute atomic E-state index is 12.7. The zero-order valence-electron chi connectivity index (χ0n) is 17.0. The highest BCUT2D eigenvalue weighted by Crippen LogP contribution is 2.48.